The highest BCUT2D eigenvalue weighted by Gasteiger charge is 2.26. The molecule has 2 fully saturated rings. The summed E-state index contributed by atoms with van der Waals surface area (Å²) in [6, 6.07) is -0.0175. The molecule has 2 aliphatic rings. The minimum absolute atomic E-state index is 0.0175. The molecular weight excluding hydrogens is 278 g/mol. The topological polar surface area (TPSA) is 61.4 Å². The van der Waals surface area contributed by atoms with Crippen LogP contribution in [0.15, 0.2) is 11.6 Å². The van der Waals surface area contributed by atoms with Gasteiger partial charge in [0.2, 0.25) is 11.8 Å². The van der Waals surface area contributed by atoms with Crippen molar-refractivity contribution in [2.45, 2.75) is 52.0 Å². The maximum atomic E-state index is 12.3. The number of amides is 2. The summed E-state index contributed by atoms with van der Waals surface area (Å²) in [5, 5.41) is 6.27. The number of hydrogen-bond donors (Lipinski definition) is 2. The second-order valence-electron chi connectivity index (χ2n) is 6.45. The largest absolute Gasteiger partial charge is 0.354 e. The van der Waals surface area contributed by atoms with Crippen molar-refractivity contribution in [3.8, 4) is 0 Å². The van der Waals surface area contributed by atoms with Crippen molar-refractivity contribution >= 4 is 11.8 Å². The molecule has 5 nitrogen and oxygen atoms in total. The number of piperidine rings is 1. The van der Waals surface area contributed by atoms with Gasteiger partial charge in [-0.15, -0.1) is 0 Å². The monoisotopic (exact) mass is 307 g/mol. The number of carbonyl (C=O) groups is 2. The van der Waals surface area contributed by atoms with E-state index in [1.165, 1.54) is 0 Å². The third-order valence-corrected chi connectivity index (χ3v) is 4.60. The fraction of sp³-hybridized carbons (Fsp3) is 0.765. The molecule has 0 saturated carbocycles. The van der Waals surface area contributed by atoms with E-state index in [1.54, 1.807) is 0 Å². The number of nitrogens with one attached hydrogen (secondary N) is 2. The lowest BCUT2D eigenvalue weighted by molar-refractivity contribution is -0.128. The van der Waals surface area contributed by atoms with Crippen LogP contribution in [0.4, 0.5) is 0 Å². The van der Waals surface area contributed by atoms with E-state index >= 15 is 0 Å². The van der Waals surface area contributed by atoms with E-state index in [4.69, 9.17) is 0 Å². The molecule has 2 N–H and O–H groups in total. The summed E-state index contributed by atoms with van der Waals surface area (Å²) < 4.78 is 0. The predicted octanol–water partition coefficient (Wildman–Crippen LogP) is 1.45. The Morgan fingerprint density at radius 3 is 2.82 bits per heavy atom. The van der Waals surface area contributed by atoms with Crippen molar-refractivity contribution in [2.24, 2.45) is 5.92 Å². The van der Waals surface area contributed by atoms with Gasteiger partial charge in [0, 0.05) is 25.2 Å². The Morgan fingerprint density at radius 1 is 1.32 bits per heavy atom. The van der Waals surface area contributed by atoms with E-state index in [2.05, 4.69) is 10.6 Å². The summed E-state index contributed by atoms with van der Waals surface area (Å²) in [6.45, 7) is 7.14. The van der Waals surface area contributed by atoms with Gasteiger partial charge < -0.3 is 15.5 Å². The standard InChI is InChI=1S/C17H29N3O2/c1-3-6-13(2)17(22)20-10-5-7-14(12-20)11-19-16(21)15-8-4-9-18-15/h6,14-15,18H,3-5,7-12H2,1-2H3,(H,19,21)/b13-6-/t14-,15-/m1/s1. The average molecular weight is 307 g/mol. The Balaban J connectivity index is 1.79. The van der Waals surface area contributed by atoms with Gasteiger partial charge in [0.1, 0.15) is 0 Å². The van der Waals surface area contributed by atoms with Crippen molar-refractivity contribution in [3.63, 3.8) is 0 Å². The lowest BCUT2D eigenvalue weighted by Gasteiger charge is -2.33. The van der Waals surface area contributed by atoms with Crippen LogP contribution in [0, 0.1) is 5.92 Å². The Kier molecular flexibility index (Phi) is 6.43. The van der Waals surface area contributed by atoms with Crippen LogP contribution in [-0.2, 0) is 9.59 Å². The molecule has 2 aliphatic heterocycles. The summed E-state index contributed by atoms with van der Waals surface area (Å²) in [5.74, 6) is 0.635. The van der Waals surface area contributed by atoms with Gasteiger partial charge in [-0.3, -0.25) is 9.59 Å². The normalized spacial score (nSPS) is 26.1. The summed E-state index contributed by atoms with van der Waals surface area (Å²) in [6.07, 6.45) is 6.99. The minimum atomic E-state index is -0.0175. The fourth-order valence-electron chi connectivity index (χ4n) is 3.34. The molecule has 2 amide bonds. The molecule has 0 aromatic carbocycles. The van der Waals surface area contributed by atoms with E-state index in [0.717, 1.165) is 57.3 Å². The molecule has 22 heavy (non-hydrogen) atoms. The van der Waals surface area contributed by atoms with Crippen LogP contribution < -0.4 is 10.6 Å². The summed E-state index contributed by atoms with van der Waals surface area (Å²) in [5.41, 5.74) is 0.836. The molecule has 0 aliphatic carbocycles. The molecule has 0 radical (unpaired) electrons. The van der Waals surface area contributed by atoms with Crippen molar-refractivity contribution in [3.05, 3.63) is 11.6 Å². The second-order valence-corrected chi connectivity index (χ2v) is 6.45. The molecule has 5 heteroatoms. The molecule has 0 unspecified atom stereocenters. The van der Waals surface area contributed by atoms with Crippen LogP contribution in [0.1, 0.15) is 46.0 Å². The van der Waals surface area contributed by atoms with Gasteiger partial charge in [-0.05, 0) is 51.5 Å². The molecule has 124 valence electrons. The van der Waals surface area contributed by atoms with Gasteiger partial charge in [0.05, 0.1) is 6.04 Å². The van der Waals surface area contributed by atoms with E-state index < -0.39 is 0 Å². The number of likely N-dealkylation sites (tertiary alicyclic amines) is 1. The first-order valence-electron chi connectivity index (χ1n) is 8.59. The quantitative estimate of drug-likeness (QED) is 0.756. The van der Waals surface area contributed by atoms with E-state index in [9.17, 15) is 9.59 Å². The smallest absolute Gasteiger partial charge is 0.249 e. The number of carbonyl (C=O) groups excluding carboxylic acids is 2. The van der Waals surface area contributed by atoms with Gasteiger partial charge in [-0.25, -0.2) is 0 Å². The molecule has 2 heterocycles. The van der Waals surface area contributed by atoms with E-state index in [-0.39, 0.29) is 17.9 Å². The zero-order valence-electron chi connectivity index (χ0n) is 13.9. The third-order valence-electron chi connectivity index (χ3n) is 4.60. The minimum Gasteiger partial charge on any atom is -0.354 e. The fourth-order valence-corrected chi connectivity index (χ4v) is 3.34. The first-order valence-corrected chi connectivity index (χ1v) is 8.59. The van der Waals surface area contributed by atoms with Gasteiger partial charge in [-0.1, -0.05) is 13.0 Å². The summed E-state index contributed by atoms with van der Waals surface area (Å²) >= 11 is 0. The van der Waals surface area contributed by atoms with Crippen LogP contribution in [0.5, 0.6) is 0 Å². The van der Waals surface area contributed by atoms with Crippen LogP contribution in [0.25, 0.3) is 0 Å². The van der Waals surface area contributed by atoms with Crippen LogP contribution in [-0.4, -0.2) is 48.9 Å². The van der Waals surface area contributed by atoms with Crippen LogP contribution in [0.3, 0.4) is 0 Å². The molecule has 0 spiro atoms. The highest BCUT2D eigenvalue weighted by Crippen LogP contribution is 2.18. The molecule has 2 rings (SSSR count). The lowest BCUT2D eigenvalue weighted by Crippen LogP contribution is -2.46. The predicted molar refractivity (Wildman–Crippen MR) is 87.4 cm³/mol. The first-order chi connectivity index (χ1) is 10.6. The molecule has 2 atom stereocenters. The van der Waals surface area contributed by atoms with Crippen molar-refractivity contribution in [2.75, 3.05) is 26.2 Å². The number of allylic oxidation sites excluding steroid dienone is 1. The highest BCUT2D eigenvalue weighted by molar-refractivity contribution is 5.92. The number of rotatable bonds is 5. The Hall–Kier alpha value is -1.36. The van der Waals surface area contributed by atoms with Crippen molar-refractivity contribution < 1.29 is 9.59 Å². The van der Waals surface area contributed by atoms with Crippen molar-refractivity contribution in [1.82, 2.24) is 15.5 Å². The molecule has 0 bridgehead atoms. The zero-order chi connectivity index (χ0) is 15.9. The average Bonchev–Trinajstić information content (AvgIpc) is 3.07. The summed E-state index contributed by atoms with van der Waals surface area (Å²) in [7, 11) is 0. The third kappa shape index (κ3) is 4.57. The second kappa shape index (κ2) is 8.32. The Bertz CT molecular complexity index is 428. The molecule has 2 saturated heterocycles. The van der Waals surface area contributed by atoms with Gasteiger partial charge >= 0.3 is 0 Å². The van der Waals surface area contributed by atoms with E-state index in [1.807, 2.05) is 24.8 Å². The van der Waals surface area contributed by atoms with Crippen LogP contribution in [0.2, 0.25) is 0 Å². The molecule has 0 aromatic rings. The number of hydrogen-bond acceptors (Lipinski definition) is 3. The lowest BCUT2D eigenvalue weighted by atomic mass is 9.97. The van der Waals surface area contributed by atoms with Crippen molar-refractivity contribution in [1.29, 1.82) is 0 Å². The summed E-state index contributed by atoms with van der Waals surface area (Å²) in [4.78, 5) is 26.3. The highest BCUT2D eigenvalue weighted by atomic mass is 16.2. The zero-order valence-corrected chi connectivity index (χ0v) is 13.9. The Labute approximate surface area is 133 Å². The number of nitrogens with zero attached hydrogens (tertiary/aromatic N) is 1. The maximum absolute atomic E-state index is 12.3. The molecule has 0 aromatic heterocycles. The SMILES string of the molecule is CC/C=C(/C)C(=O)N1CCC[C@H](CNC(=O)[C@H]2CCCN2)C1. The molecular formula is C17H29N3O2. The first kappa shape index (κ1) is 17.0. The van der Waals surface area contributed by atoms with Crippen LogP contribution >= 0.6 is 0 Å². The van der Waals surface area contributed by atoms with Gasteiger partial charge in [0.25, 0.3) is 0 Å². The van der Waals surface area contributed by atoms with Gasteiger partial charge in [0.15, 0.2) is 0 Å². The maximum Gasteiger partial charge on any atom is 0.249 e. The van der Waals surface area contributed by atoms with E-state index in [0.29, 0.717) is 12.5 Å². The Morgan fingerprint density at radius 2 is 2.14 bits per heavy atom. The van der Waals surface area contributed by atoms with Gasteiger partial charge in [-0.2, -0.15) is 0 Å².